The van der Waals surface area contributed by atoms with Crippen LogP contribution in [0.15, 0.2) is 11.1 Å². The van der Waals surface area contributed by atoms with Crippen LogP contribution in [0.3, 0.4) is 0 Å². The van der Waals surface area contributed by atoms with Crippen LogP contribution in [0.5, 0.6) is 0 Å². The average molecular weight is 194 g/mol. The van der Waals surface area contributed by atoms with Crippen LogP contribution in [0.2, 0.25) is 0 Å². The molecule has 1 heterocycles. The molecule has 2 rings (SSSR count). The van der Waals surface area contributed by atoms with Crippen molar-refractivity contribution in [2.45, 2.75) is 52.6 Å². The minimum absolute atomic E-state index is 0.118. The summed E-state index contributed by atoms with van der Waals surface area (Å²) in [5.41, 5.74) is 3.35. The van der Waals surface area contributed by atoms with Gasteiger partial charge in [0.2, 0.25) is 0 Å². The van der Waals surface area contributed by atoms with Gasteiger partial charge in [-0.3, -0.25) is 0 Å². The zero-order valence-corrected chi connectivity index (χ0v) is 9.89. The molecular formula is C13H22O. The van der Waals surface area contributed by atoms with Crippen molar-refractivity contribution in [3.63, 3.8) is 0 Å². The van der Waals surface area contributed by atoms with Gasteiger partial charge in [0.25, 0.3) is 0 Å². The minimum atomic E-state index is 0.118. The SMILES string of the molecule is CC1=C(C)C[C@H]2CC(C)(C)OC[C@@H]2C1. The lowest BCUT2D eigenvalue weighted by molar-refractivity contribution is -0.104. The third kappa shape index (κ3) is 1.88. The van der Waals surface area contributed by atoms with Crippen LogP contribution in [0.1, 0.15) is 47.0 Å². The summed E-state index contributed by atoms with van der Waals surface area (Å²) in [4.78, 5) is 0. The lowest BCUT2D eigenvalue weighted by Gasteiger charge is -2.43. The first-order valence-corrected chi connectivity index (χ1v) is 5.77. The predicted octanol–water partition coefficient (Wildman–Crippen LogP) is 3.55. The number of hydrogen-bond donors (Lipinski definition) is 0. The van der Waals surface area contributed by atoms with Gasteiger partial charge in [0.1, 0.15) is 0 Å². The molecule has 1 aliphatic heterocycles. The van der Waals surface area contributed by atoms with E-state index in [0.29, 0.717) is 0 Å². The molecule has 0 spiro atoms. The highest BCUT2D eigenvalue weighted by Gasteiger charge is 2.37. The maximum Gasteiger partial charge on any atom is 0.0629 e. The van der Waals surface area contributed by atoms with E-state index in [1.807, 2.05) is 0 Å². The van der Waals surface area contributed by atoms with E-state index >= 15 is 0 Å². The summed E-state index contributed by atoms with van der Waals surface area (Å²) in [5.74, 6) is 1.68. The number of allylic oxidation sites excluding steroid dienone is 2. The van der Waals surface area contributed by atoms with Crippen molar-refractivity contribution in [1.82, 2.24) is 0 Å². The zero-order valence-electron chi connectivity index (χ0n) is 9.89. The summed E-state index contributed by atoms with van der Waals surface area (Å²) < 4.78 is 5.90. The molecular weight excluding hydrogens is 172 g/mol. The van der Waals surface area contributed by atoms with Crippen molar-refractivity contribution >= 4 is 0 Å². The van der Waals surface area contributed by atoms with Gasteiger partial charge in [-0.25, -0.2) is 0 Å². The number of fused-ring (bicyclic) bond motifs is 1. The summed E-state index contributed by atoms with van der Waals surface area (Å²) in [7, 11) is 0. The Morgan fingerprint density at radius 3 is 2.29 bits per heavy atom. The monoisotopic (exact) mass is 194 g/mol. The Balaban J connectivity index is 2.12. The first-order valence-electron chi connectivity index (χ1n) is 5.77. The van der Waals surface area contributed by atoms with Gasteiger partial charge in [-0.1, -0.05) is 11.1 Å². The molecule has 0 amide bonds. The molecule has 0 aromatic rings. The number of ether oxygens (including phenoxy) is 1. The Morgan fingerprint density at radius 1 is 1.07 bits per heavy atom. The first-order chi connectivity index (χ1) is 6.48. The van der Waals surface area contributed by atoms with Crippen LogP contribution in [0.25, 0.3) is 0 Å². The topological polar surface area (TPSA) is 9.23 Å². The summed E-state index contributed by atoms with van der Waals surface area (Å²) in [6.07, 6.45) is 3.82. The highest BCUT2D eigenvalue weighted by Crippen LogP contribution is 2.42. The van der Waals surface area contributed by atoms with E-state index in [1.165, 1.54) is 19.3 Å². The molecule has 1 heteroatoms. The zero-order chi connectivity index (χ0) is 10.3. The van der Waals surface area contributed by atoms with Crippen molar-refractivity contribution in [3.05, 3.63) is 11.1 Å². The molecule has 2 aliphatic rings. The quantitative estimate of drug-likeness (QED) is 0.536. The third-order valence-corrected chi connectivity index (χ3v) is 3.97. The van der Waals surface area contributed by atoms with E-state index in [0.717, 1.165) is 18.4 Å². The molecule has 14 heavy (non-hydrogen) atoms. The van der Waals surface area contributed by atoms with Gasteiger partial charge in [-0.05, 0) is 58.8 Å². The molecule has 0 unspecified atom stereocenters. The fourth-order valence-corrected chi connectivity index (χ4v) is 2.93. The highest BCUT2D eigenvalue weighted by molar-refractivity contribution is 5.16. The molecule has 1 fully saturated rings. The van der Waals surface area contributed by atoms with E-state index in [4.69, 9.17) is 4.74 Å². The summed E-state index contributed by atoms with van der Waals surface area (Å²) in [6, 6.07) is 0. The first kappa shape index (κ1) is 10.2. The maximum atomic E-state index is 5.90. The van der Waals surface area contributed by atoms with Crippen molar-refractivity contribution in [2.24, 2.45) is 11.8 Å². The average Bonchev–Trinajstić information content (AvgIpc) is 2.07. The molecule has 0 bridgehead atoms. The van der Waals surface area contributed by atoms with Crippen LogP contribution < -0.4 is 0 Å². The molecule has 1 nitrogen and oxygen atoms in total. The predicted molar refractivity (Wildman–Crippen MR) is 59.2 cm³/mol. The molecule has 80 valence electrons. The Labute approximate surface area is 87.5 Å². The van der Waals surface area contributed by atoms with Gasteiger partial charge in [0.15, 0.2) is 0 Å². The maximum absolute atomic E-state index is 5.90. The molecule has 0 N–H and O–H groups in total. The second kappa shape index (κ2) is 3.37. The third-order valence-electron chi connectivity index (χ3n) is 3.97. The van der Waals surface area contributed by atoms with Crippen molar-refractivity contribution in [2.75, 3.05) is 6.61 Å². The lowest BCUT2D eigenvalue weighted by atomic mass is 9.71. The Morgan fingerprint density at radius 2 is 1.64 bits per heavy atom. The van der Waals surface area contributed by atoms with Crippen molar-refractivity contribution in [3.8, 4) is 0 Å². The number of rotatable bonds is 0. The fourth-order valence-electron chi connectivity index (χ4n) is 2.93. The van der Waals surface area contributed by atoms with Crippen LogP contribution >= 0.6 is 0 Å². The summed E-state index contributed by atoms with van der Waals surface area (Å²) in [5, 5.41) is 0. The summed E-state index contributed by atoms with van der Waals surface area (Å²) >= 11 is 0. The van der Waals surface area contributed by atoms with E-state index in [1.54, 1.807) is 11.1 Å². The molecule has 0 aromatic heterocycles. The van der Waals surface area contributed by atoms with Crippen molar-refractivity contribution in [1.29, 1.82) is 0 Å². The molecule has 0 aromatic carbocycles. The van der Waals surface area contributed by atoms with Crippen molar-refractivity contribution < 1.29 is 4.74 Å². The van der Waals surface area contributed by atoms with Crippen LogP contribution in [0.4, 0.5) is 0 Å². The smallest absolute Gasteiger partial charge is 0.0629 e. The van der Waals surface area contributed by atoms with E-state index in [-0.39, 0.29) is 5.60 Å². The fraction of sp³-hybridized carbons (Fsp3) is 0.846. The van der Waals surface area contributed by atoms with Gasteiger partial charge < -0.3 is 4.74 Å². The molecule has 1 saturated heterocycles. The van der Waals surface area contributed by atoms with Gasteiger partial charge in [0, 0.05) is 0 Å². The van der Waals surface area contributed by atoms with Gasteiger partial charge in [-0.2, -0.15) is 0 Å². The highest BCUT2D eigenvalue weighted by atomic mass is 16.5. The Hall–Kier alpha value is -0.300. The van der Waals surface area contributed by atoms with Crippen LogP contribution in [-0.4, -0.2) is 12.2 Å². The van der Waals surface area contributed by atoms with Crippen LogP contribution in [0, 0.1) is 11.8 Å². The van der Waals surface area contributed by atoms with Crippen LogP contribution in [-0.2, 0) is 4.74 Å². The van der Waals surface area contributed by atoms with Gasteiger partial charge in [0.05, 0.1) is 12.2 Å². The number of hydrogen-bond acceptors (Lipinski definition) is 1. The largest absolute Gasteiger partial charge is 0.375 e. The molecule has 0 radical (unpaired) electrons. The molecule has 2 atom stereocenters. The van der Waals surface area contributed by atoms with E-state index < -0.39 is 0 Å². The standard InChI is InChI=1S/C13H22O/c1-9-5-11-7-13(3,4)14-8-12(11)6-10(9)2/h11-12H,5-8H2,1-4H3/t11-,12-/m0/s1. The summed E-state index contributed by atoms with van der Waals surface area (Å²) in [6.45, 7) is 10.0. The second-order valence-electron chi connectivity index (χ2n) is 5.76. The Bertz CT molecular complexity index is 262. The van der Waals surface area contributed by atoms with E-state index in [2.05, 4.69) is 27.7 Å². The molecule has 1 aliphatic carbocycles. The normalized spacial score (nSPS) is 36.9. The minimum Gasteiger partial charge on any atom is -0.375 e. The second-order valence-corrected chi connectivity index (χ2v) is 5.76. The molecule has 0 saturated carbocycles. The van der Waals surface area contributed by atoms with Gasteiger partial charge >= 0.3 is 0 Å². The lowest BCUT2D eigenvalue weighted by Crippen LogP contribution is -2.41. The van der Waals surface area contributed by atoms with Gasteiger partial charge in [-0.15, -0.1) is 0 Å². The Kier molecular flexibility index (Phi) is 2.46. The van der Waals surface area contributed by atoms with E-state index in [9.17, 15) is 0 Å².